The predicted octanol–water partition coefficient (Wildman–Crippen LogP) is 3.83. The minimum Gasteiger partial charge on any atom is -0.338 e. The van der Waals surface area contributed by atoms with Gasteiger partial charge in [-0.15, -0.1) is 11.3 Å². The lowest BCUT2D eigenvalue weighted by Gasteiger charge is -2.24. The minimum atomic E-state index is -0.230. The lowest BCUT2D eigenvalue weighted by molar-refractivity contribution is 0.195. The van der Waals surface area contributed by atoms with Crippen LogP contribution in [0.15, 0.2) is 41.8 Å². The fraction of sp³-hybridized carbons (Fsp3) is 0.312. The maximum absolute atomic E-state index is 13.5. The Morgan fingerprint density at radius 3 is 2.76 bits per heavy atom. The van der Waals surface area contributed by atoms with E-state index in [0.717, 1.165) is 4.88 Å². The lowest BCUT2D eigenvalue weighted by Crippen LogP contribution is -2.39. The van der Waals surface area contributed by atoms with Gasteiger partial charge in [-0.1, -0.05) is 24.3 Å². The third-order valence-corrected chi connectivity index (χ3v) is 4.53. The van der Waals surface area contributed by atoms with Crippen molar-refractivity contribution in [2.45, 2.75) is 19.4 Å². The van der Waals surface area contributed by atoms with Crippen molar-refractivity contribution in [2.24, 2.45) is 0 Å². The molecule has 0 bridgehead atoms. The summed E-state index contributed by atoms with van der Waals surface area (Å²) in [5.74, 6) is -0.230. The summed E-state index contributed by atoms with van der Waals surface area (Å²) in [4.78, 5) is 14.9. The van der Waals surface area contributed by atoms with Crippen LogP contribution in [-0.2, 0) is 6.42 Å². The van der Waals surface area contributed by atoms with Crippen LogP contribution in [0.25, 0.3) is 0 Å². The number of rotatable bonds is 5. The lowest BCUT2D eigenvalue weighted by atomic mass is 10.1. The van der Waals surface area contributed by atoms with E-state index in [-0.39, 0.29) is 17.9 Å². The number of hydrogen-bond acceptors (Lipinski definition) is 2. The van der Waals surface area contributed by atoms with Gasteiger partial charge in [0.25, 0.3) is 0 Å². The van der Waals surface area contributed by atoms with Gasteiger partial charge in [0.2, 0.25) is 0 Å². The number of amides is 2. The monoisotopic (exact) mass is 306 g/mol. The molecule has 1 atom stereocenters. The first-order valence-corrected chi connectivity index (χ1v) is 7.75. The van der Waals surface area contributed by atoms with Gasteiger partial charge in [-0.2, -0.15) is 0 Å². The van der Waals surface area contributed by atoms with E-state index in [1.165, 1.54) is 6.07 Å². The maximum atomic E-state index is 13.5. The molecule has 0 radical (unpaired) electrons. The highest BCUT2D eigenvalue weighted by Crippen LogP contribution is 2.23. The van der Waals surface area contributed by atoms with Crippen molar-refractivity contribution in [1.29, 1.82) is 0 Å². The van der Waals surface area contributed by atoms with Crippen LogP contribution < -0.4 is 5.32 Å². The van der Waals surface area contributed by atoms with Gasteiger partial charge < -0.3 is 10.2 Å². The molecule has 0 aliphatic heterocycles. The maximum Gasteiger partial charge on any atom is 0.317 e. The van der Waals surface area contributed by atoms with Crippen LogP contribution >= 0.6 is 11.3 Å². The second kappa shape index (κ2) is 7.22. The smallest absolute Gasteiger partial charge is 0.317 e. The van der Waals surface area contributed by atoms with Crippen LogP contribution in [0, 0.1) is 5.82 Å². The van der Waals surface area contributed by atoms with E-state index in [9.17, 15) is 9.18 Å². The molecule has 21 heavy (non-hydrogen) atoms. The van der Waals surface area contributed by atoms with Crippen molar-refractivity contribution in [3.63, 3.8) is 0 Å². The van der Waals surface area contributed by atoms with Crippen molar-refractivity contribution in [3.05, 3.63) is 58.0 Å². The molecule has 0 spiro atoms. The number of carbonyl (C=O) groups excluding carboxylic acids is 1. The number of nitrogens with zero attached hydrogens (tertiary/aromatic N) is 1. The summed E-state index contributed by atoms with van der Waals surface area (Å²) in [6, 6.07) is 10.5. The zero-order chi connectivity index (χ0) is 15.2. The molecule has 5 heteroatoms. The number of benzene rings is 1. The average Bonchev–Trinajstić information content (AvgIpc) is 3.01. The van der Waals surface area contributed by atoms with E-state index in [0.29, 0.717) is 18.5 Å². The molecule has 1 aromatic carbocycles. The van der Waals surface area contributed by atoms with Crippen molar-refractivity contribution in [1.82, 2.24) is 10.2 Å². The van der Waals surface area contributed by atoms with Crippen LogP contribution in [0.1, 0.15) is 23.4 Å². The van der Waals surface area contributed by atoms with Crippen molar-refractivity contribution in [3.8, 4) is 0 Å². The Labute approximate surface area is 128 Å². The fourth-order valence-corrected chi connectivity index (χ4v) is 2.85. The Morgan fingerprint density at radius 1 is 1.33 bits per heavy atom. The first kappa shape index (κ1) is 15.5. The molecule has 0 fully saturated rings. The molecule has 112 valence electrons. The van der Waals surface area contributed by atoms with Crippen LogP contribution in [0.4, 0.5) is 9.18 Å². The normalized spacial score (nSPS) is 12.0. The van der Waals surface area contributed by atoms with Crippen molar-refractivity contribution >= 4 is 17.4 Å². The zero-order valence-electron chi connectivity index (χ0n) is 12.2. The summed E-state index contributed by atoms with van der Waals surface area (Å²) < 4.78 is 13.5. The molecule has 2 amide bonds. The second-order valence-corrected chi connectivity index (χ2v) is 5.85. The van der Waals surface area contributed by atoms with Gasteiger partial charge in [0, 0.05) is 18.5 Å². The molecule has 3 nitrogen and oxygen atoms in total. The first-order valence-electron chi connectivity index (χ1n) is 6.87. The van der Waals surface area contributed by atoms with E-state index in [1.54, 1.807) is 41.5 Å². The van der Waals surface area contributed by atoms with E-state index in [1.807, 2.05) is 24.4 Å². The van der Waals surface area contributed by atoms with Gasteiger partial charge in [-0.3, -0.25) is 0 Å². The highest BCUT2D eigenvalue weighted by atomic mass is 32.1. The SMILES string of the molecule is CC(c1cccs1)N(C)C(=O)NCCc1ccccc1F. The molecule has 1 aromatic heterocycles. The molecule has 2 rings (SSSR count). The van der Waals surface area contributed by atoms with Gasteiger partial charge in [0.1, 0.15) is 5.82 Å². The minimum absolute atomic E-state index is 0.0264. The van der Waals surface area contributed by atoms with Gasteiger partial charge in [0.05, 0.1) is 6.04 Å². The largest absolute Gasteiger partial charge is 0.338 e. The Hall–Kier alpha value is -1.88. The van der Waals surface area contributed by atoms with Crippen LogP contribution in [0.2, 0.25) is 0 Å². The average molecular weight is 306 g/mol. The Balaban J connectivity index is 1.83. The topological polar surface area (TPSA) is 32.3 Å². The number of carbonyl (C=O) groups is 1. The second-order valence-electron chi connectivity index (χ2n) is 4.88. The van der Waals surface area contributed by atoms with Crippen LogP contribution in [0.5, 0.6) is 0 Å². The first-order chi connectivity index (χ1) is 10.1. The summed E-state index contributed by atoms with van der Waals surface area (Å²) in [7, 11) is 1.77. The van der Waals surface area contributed by atoms with E-state index < -0.39 is 0 Å². The summed E-state index contributed by atoms with van der Waals surface area (Å²) >= 11 is 1.63. The number of halogens is 1. The molecule has 1 heterocycles. The molecular formula is C16H19FN2OS. The highest BCUT2D eigenvalue weighted by molar-refractivity contribution is 7.10. The number of nitrogens with one attached hydrogen (secondary N) is 1. The number of thiophene rings is 1. The Bertz CT molecular complexity index is 586. The Kier molecular flexibility index (Phi) is 5.33. The molecule has 0 aliphatic rings. The van der Waals surface area contributed by atoms with Crippen molar-refractivity contribution < 1.29 is 9.18 Å². The third-order valence-electron chi connectivity index (χ3n) is 3.48. The van der Waals surface area contributed by atoms with Gasteiger partial charge in [0.15, 0.2) is 0 Å². The van der Waals surface area contributed by atoms with Gasteiger partial charge in [-0.05, 0) is 36.4 Å². The molecule has 0 saturated heterocycles. The summed E-state index contributed by atoms with van der Waals surface area (Å²) in [5, 5.41) is 4.82. The van der Waals surface area contributed by atoms with E-state index in [4.69, 9.17) is 0 Å². The van der Waals surface area contributed by atoms with Crippen LogP contribution in [-0.4, -0.2) is 24.5 Å². The standard InChI is InChI=1S/C16H19FN2OS/c1-12(15-8-5-11-21-15)19(2)16(20)18-10-9-13-6-3-4-7-14(13)17/h3-8,11-12H,9-10H2,1-2H3,(H,18,20). The molecule has 1 unspecified atom stereocenters. The third kappa shape index (κ3) is 4.04. The summed E-state index contributed by atoms with van der Waals surface area (Å²) in [6.45, 7) is 2.41. The molecule has 0 aliphatic carbocycles. The predicted molar refractivity (Wildman–Crippen MR) is 84.0 cm³/mol. The van der Waals surface area contributed by atoms with Gasteiger partial charge in [-0.25, -0.2) is 9.18 Å². The number of urea groups is 1. The van der Waals surface area contributed by atoms with E-state index >= 15 is 0 Å². The summed E-state index contributed by atoms with van der Waals surface area (Å²) in [5.41, 5.74) is 0.617. The van der Waals surface area contributed by atoms with Gasteiger partial charge >= 0.3 is 6.03 Å². The Morgan fingerprint density at radius 2 is 2.10 bits per heavy atom. The molecule has 1 N–H and O–H groups in total. The highest BCUT2D eigenvalue weighted by Gasteiger charge is 2.17. The molecule has 0 saturated carbocycles. The molecular weight excluding hydrogens is 287 g/mol. The zero-order valence-corrected chi connectivity index (χ0v) is 13.0. The van der Waals surface area contributed by atoms with E-state index in [2.05, 4.69) is 5.32 Å². The fourth-order valence-electron chi connectivity index (χ4n) is 2.03. The molecule has 2 aromatic rings. The number of hydrogen-bond donors (Lipinski definition) is 1. The van der Waals surface area contributed by atoms with Crippen molar-refractivity contribution in [2.75, 3.05) is 13.6 Å². The van der Waals surface area contributed by atoms with Crippen LogP contribution in [0.3, 0.4) is 0 Å². The quantitative estimate of drug-likeness (QED) is 0.894. The summed E-state index contributed by atoms with van der Waals surface area (Å²) in [6.07, 6.45) is 0.486.